The summed E-state index contributed by atoms with van der Waals surface area (Å²) in [5.41, 5.74) is 1.13. The van der Waals surface area contributed by atoms with Crippen LogP contribution >= 0.6 is 0 Å². The number of piperidine rings is 1. The van der Waals surface area contributed by atoms with Gasteiger partial charge < -0.3 is 19.3 Å². The van der Waals surface area contributed by atoms with Crippen LogP contribution in [0.3, 0.4) is 0 Å². The molecule has 0 radical (unpaired) electrons. The van der Waals surface area contributed by atoms with Gasteiger partial charge in [0, 0.05) is 56.7 Å². The number of ether oxygens (including phenoxy) is 2. The van der Waals surface area contributed by atoms with Crippen LogP contribution in [0.15, 0.2) is 18.3 Å². The minimum Gasteiger partial charge on any atom is -0.481 e. The summed E-state index contributed by atoms with van der Waals surface area (Å²) >= 11 is 0. The Morgan fingerprint density at radius 3 is 2.84 bits per heavy atom. The molecule has 0 spiro atoms. The molecular formula is C18H23N3O4. The molecule has 7 heteroatoms. The summed E-state index contributed by atoms with van der Waals surface area (Å²) < 4.78 is 10.7. The van der Waals surface area contributed by atoms with Crippen LogP contribution in [0.5, 0.6) is 5.88 Å². The summed E-state index contributed by atoms with van der Waals surface area (Å²) in [6.45, 7) is 3.00. The van der Waals surface area contributed by atoms with Crippen LogP contribution in [0.4, 0.5) is 4.79 Å². The Hall–Kier alpha value is -2.15. The lowest BCUT2D eigenvalue weighted by molar-refractivity contribution is -0.140. The number of carbonyl (C=O) groups excluding carboxylic acids is 2. The van der Waals surface area contributed by atoms with Gasteiger partial charge in [-0.1, -0.05) is 6.07 Å². The zero-order valence-corrected chi connectivity index (χ0v) is 14.4. The number of amides is 2. The summed E-state index contributed by atoms with van der Waals surface area (Å²) in [5.74, 6) is 1.23. The Morgan fingerprint density at radius 1 is 1.28 bits per heavy atom. The molecule has 0 N–H and O–H groups in total. The van der Waals surface area contributed by atoms with Crippen molar-refractivity contribution in [1.29, 1.82) is 0 Å². The van der Waals surface area contributed by atoms with E-state index < -0.39 is 0 Å². The molecule has 25 heavy (non-hydrogen) atoms. The molecule has 3 aliphatic heterocycles. The average molecular weight is 345 g/mol. The van der Waals surface area contributed by atoms with Gasteiger partial charge in [0.15, 0.2) is 5.78 Å². The van der Waals surface area contributed by atoms with Crippen molar-refractivity contribution in [2.45, 2.75) is 24.9 Å². The minimum atomic E-state index is 0.0780. The molecule has 0 aromatic carbocycles. The van der Waals surface area contributed by atoms with Crippen molar-refractivity contribution in [3.8, 4) is 5.88 Å². The second kappa shape index (κ2) is 6.63. The van der Waals surface area contributed by atoms with Crippen molar-refractivity contribution < 1.29 is 19.1 Å². The number of Topliss-reactive ketones (excluding diaryl/α,β-unsaturated/α-hetero) is 1. The number of hydrogen-bond acceptors (Lipinski definition) is 5. The van der Waals surface area contributed by atoms with Gasteiger partial charge in [-0.3, -0.25) is 4.79 Å². The van der Waals surface area contributed by atoms with Gasteiger partial charge in [-0.25, -0.2) is 9.78 Å². The fourth-order valence-electron chi connectivity index (χ4n) is 3.95. The molecule has 1 aromatic rings. The van der Waals surface area contributed by atoms with Gasteiger partial charge in [0.05, 0.1) is 13.2 Å². The maximum absolute atomic E-state index is 12.7. The minimum absolute atomic E-state index is 0.0780. The fraction of sp³-hybridized carbons (Fsp3) is 0.611. The van der Waals surface area contributed by atoms with Gasteiger partial charge in [0.2, 0.25) is 5.88 Å². The highest BCUT2D eigenvalue weighted by Crippen LogP contribution is 2.31. The van der Waals surface area contributed by atoms with Crippen molar-refractivity contribution in [3.63, 3.8) is 0 Å². The molecule has 0 unspecified atom stereocenters. The first-order chi connectivity index (χ1) is 12.1. The van der Waals surface area contributed by atoms with Gasteiger partial charge in [0.25, 0.3) is 0 Å². The van der Waals surface area contributed by atoms with Gasteiger partial charge in [-0.05, 0) is 12.0 Å². The van der Waals surface area contributed by atoms with Crippen molar-refractivity contribution in [3.05, 3.63) is 23.9 Å². The normalized spacial score (nSPS) is 26.8. The third kappa shape index (κ3) is 3.20. The van der Waals surface area contributed by atoms with E-state index in [9.17, 15) is 9.59 Å². The molecule has 3 saturated heterocycles. The van der Waals surface area contributed by atoms with Crippen molar-refractivity contribution in [2.24, 2.45) is 5.92 Å². The van der Waals surface area contributed by atoms with Gasteiger partial charge in [-0.2, -0.15) is 0 Å². The van der Waals surface area contributed by atoms with E-state index in [2.05, 4.69) is 4.98 Å². The quantitative estimate of drug-likeness (QED) is 0.808. The SMILES string of the molecule is COc1ccc(C2CN(C(=O)N3CC[C@@H]4OCC(=O)C[C@@H]4C3)C2)cn1. The van der Waals surface area contributed by atoms with E-state index in [0.29, 0.717) is 44.4 Å². The number of pyridine rings is 1. The predicted octanol–water partition coefficient (Wildman–Crippen LogP) is 1.29. The topological polar surface area (TPSA) is 72.0 Å². The molecule has 0 aliphatic carbocycles. The first kappa shape index (κ1) is 16.3. The maximum atomic E-state index is 12.7. The zero-order valence-electron chi connectivity index (χ0n) is 14.4. The lowest BCUT2D eigenvalue weighted by Crippen LogP contribution is -2.58. The number of rotatable bonds is 2. The highest BCUT2D eigenvalue weighted by molar-refractivity contribution is 5.81. The Balaban J connectivity index is 1.31. The first-order valence-corrected chi connectivity index (χ1v) is 8.81. The van der Waals surface area contributed by atoms with Crippen LogP contribution in [0.25, 0.3) is 0 Å². The Kier molecular flexibility index (Phi) is 4.33. The highest BCUT2D eigenvalue weighted by Gasteiger charge is 2.40. The zero-order chi connectivity index (χ0) is 17.4. The van der Waals surface area contributed by atoms with Gasteiger partial charge in [0.1, 0.15) is 6.61 Å². The molecule has 0 saturated carbocycles. The molecule has 2 amide bonds. The number of urea groups is 1. The van der Waals surface area contributed by atoms with E-state index in [1.54, 1.807) is 7.11 Å². The summed E-state index contributed by atoms with van der Waals surface area (Å²) in [5, 5.41) is 0. The maximum Gasteiger partial charge on any atom is 0.320 e. The number of nitrogens with zero attached hydrogens (tertiary/aromatic N) is 3. The Morgan fingerprint density at radius 2 is 2.12 bits per heavy atom. The summed E-state index contributed by atoms with van der Waals surface area (Å²) in [6, 6.07) is 3.94. The number of likely N-dealkylation sites (tertiary alicyclic amines) is 2. The molecule has 3 fully saturated rings. The molecule has 0 bridgehead atoms. The van der Waals surface area contributed by atoms with Crippen LogP contribution in [0, 0.1) is 5.92 Å². The predicted molar refractivity (Wildman–Crippen MR) is 89.5 cm³/mol. The number of fused-ring (bicyclic) bond motifs is 1. The van der Waals surface area contributed by atoms with E-state index in [1.165, 1.54) is 0 Å². The van der Waals surface area contributed by atoms with E-state index in [-0.39, 0.29) is 30.4 Å². The largest absolute Gasteiger partial charge is 0.481 e. The lowest BCUT2D eigenvalue weighted by atomic mass is 9.88. The Bertz CT molecular complexity index is 657. The average Bonchev–Trinajstić information content (AvgIpc) is 2.60. The number of methoxy groups -OCH3 is 1. The summed E-state index contributed by atoms with van der Waals surface area (Å²) in [6.07, 6.45) is 3.32. The molecule has 4 rings (SSSR count). The van der Waals surface area contributed by atoms with Gasteiger partial charge >= 0.3 is 6.03 Å². The van der Waals surface area contributed by atoms with Crippen LogP contribution in [-0.4, -0.2) is 72.6 Å². The van der Waals surface area contributed by atoms with E-state index in [1.807, 2.05) is 28.1 Å². The smallest absolute Gasteiger partial charge is 0.320 e. The summed E-state index contributed by atoms with van der Waals surface area (Å²) in [7, 11) is 1.60. The third-order valence-corrected chi connectivity index (χ3v) is 5.47. The van der Waals surface area contributed by atoms with Gasteiger partial charge in [-0.15, -0.1) is 0 Å². The fourth-order valence-corrected chi connectivity index (χ4v) is 3.95. The monoisotopic (exact) mass is 345 g/mol. The summed E-state index contributed by atoms with van der Waals surface area (Å²) in [4.78, 5) is 32.3. The van der Waals surface area contributed by atoms with Crippen molar-refractivity contribution in [2.75, 3.05) is 39.9 Å². The van der Waals surface area contributed by atoms with E-state index >= 15 is 0 Å². The van der Waals surface area contributed by atoms with Crippen LogP contribution in [0.2, 0.25) is 0 Å². The molecule has 134 valence electrons. The van der Waals surface area contributed by atoms with E-state index in [4.69, 9.17) is 9.47 Å². The van der Waals surface area contributed by atoms with Crippen molar-refractivity contribution >= 4 is 11.8 Å². The second-order valence-corrected chi connectivity index (χ2v) is 7.11. The molecule has 2 atom stereocenters. The van der Waals surface area contributed by atoms with E-state index in [0.717, 1.165) is 12.0 Å². The first-order valence-electron chi connectivity index (χ1n) is 8.81. The van der Waals surface area contributed by atoms with Crippen LogP contribution in [-0.2, 0) is 9.53 Å². The van der Waals surface area contributed by atoms with Crippen molar-refractivity contribution in [1.82, 2.24) is 14.8 Å². The van der Waals surface area contributed by atoms with Crippen LogP contribution < -0.4 is 4.74 Å². The number of hydrogen-bond donors (Lipinski definition) is 0. The number of carbonyl (C=O) groups is 2. The standard InChI is InChI=1S/C18H23N3O4/c1-24-17-3-2-12(7-19-17)14-9-21(10-14)18(23)20-5-4-16-13(8-20)6-15(22)11-25-16/h2-3,7,13-14,16H,4-6,8-11H2,1H3/t13-,16+/m1/s1. The highest BCUT2D eigenvalue weighted by atomic mass is 16.5. The lowest BCUT2D eigenvalue weighted by Gasteiger charge is -2.46. The van der Waals surface area contributed by atoms with Crippen LogP contribution in [0.1, 0.15) is 24.3 Å². The Labute approximate surface area is 146 Å². The molecule has 7 nitrogen and oxygen atoms in total. The third-order valence-electron chi connectivity index (χ3n) is 5.47. The molecule has 4 heterocycles. The number of ketones is 1. The molecule has 1 aromatic heterocycles. The molecular weight excluding hydrogens is 322 g/mol. The molecule has 3 aliphatic rings. The number of aromatic nitrogens is 1. The second-order valence-electron chi connectivity index (χ2n) is 7.11.